The lowest BCUT2D eigenvalue weighted by Crippen LogP contribution is -2.37. The van der Waals surface area contributed by atoms with Gasteiger partial charge in [0.25, 0.3) is 0 Å². The van der Waals surface area contributed by atoms with E-state index in [-0.39, 0.29) is 30.1 Å². The van der Waals surface area contributed by atoms with E-state index in [0.717, 1.165) is 49.7 Å². The Bertz CT molecular complexity index is 644. The van der Waals surface area contributed by atoms with Crippen LogP contribution in [0.2, 0.25) is 0 Å². The van der Waals surface area contributed by atoms with Crippen LogP contribution in [0.25, 0.3) is 0 Å². The Morgan fingerprint density at radius 3 is 2.77 bits per heavy atom. The maximum atomic E-state index is 6.10. The normalized spacial score (nSPS) is 19.5. The second-order valence-electron chi connectivity index (χ2n) is 8.17. The first-order valence-electron chi connectivity index (χ1n) is 11.3. The van der Waals surface area contributed by atoms with Crippen LogP contribution in [-0.4, -0.2) is 63.4 Å². The number of nitrogens with one attached hydrogen (secondary N) is 2. The van der Waals surface area contributed by atoms with Crippen LogP contribution < -0.4 is 15.4 Å². The summed E-state index contributed by atoms with van der Waals surface area (Å²) in [6.45, 7) is 9.01. The standard InChI is InChI=1S/C23H38N4O2.HI/c1-19-9-10-20(22(16-19)29-18-21-8-7-15-28-21)17-26-23(24-2)25-11-3-4-12-27-13-5-6-14-27;/h9-10,16,21H,3-8,11-15,17-18H2,1-2H3,(H2,24,25,26);1H. The molecule has 2 saturated heterocycles. The summed E-state index contributed by atoms with van der Waals surface area (Å²) in [5.41, 5.74) is 2.35. The van der Waals surface area contributed by atoms with E-state index < -0.39 is 0 Å². The average Bonchev–Trinajstić information content (AvgIpc) is 3.43. The predicted octanol–water partition coefficient (Wildman–Crippen LogP) is 3.71. The highest BCUT2D eigenvalue weighted by molar-refractivity contribution is 14.0. The highest BCUT2D eigenvalue weighted by Crippen LogP contribution is 2.22. The number of likely N-dealkylation sites (tertiary alicyclic amines) is 1. The predicted molar refractivity (Wildman–Crippen MR) is 134 cm³/mol. The van der Waals surface area contributed by atoms with Gasteiger partial charge in [-0.2, -0.15) is 0 Å². The molecule has 0 amide bonds. The minimum absolute atomic E-state index is 0. The van der Waals surface area contributed by atoms with Gasteiger partial charge in [-0.1, -0.05) is 12.1 Å². The average molecular weight is 530 g/mol. The first-order chi connectivity index (χ1) is 14.2. The molecular weight excluding hydrogens is 491 g/mol. The van der Waals surface area contributed by atoms with Crippen LogP contribution in [0.1, 0.15) is 49.7 Å². The Hall–Kier alpha value is -1.06. The molecule has 30 heavy (non-hydrogen) atoms. The van der Waals surface area contributed by atoms with Crippen LogP contribution in [0.3, 0.4) is 0 Å². The number of nitrogens with zero attached hydrogens (tertiary/aromatic N) is 2. The van der Waals surface area contributed by atoms with Crippen molar-refractivity contribution in [3.05, 3.63) is 29.3 Å². The van der Waals surface area contributed by atoms with Gasteiger partial charge in [0, 0.05) is 32.3 Å². The van der Waals surface area contributed by atoms with Crippen LogP contribution >= 0.6 is 24.0 Å². The van der Waals surface area contributed by atoms with E-state index in [9.17, 15) is 0 Å². The fourth-order valence-corrected chi connectivity index (χ4v) is 3.97. The maximum absolute atomic E-state index is 6.10. The molecule has 2 aliphatic rings. The van der Waals surface area contributed by atoms with Gasteiger partial charge in [-0.05, 0) is 76.7 Å². The van der Waals surface area contributed by atoms with Gasteiger partial charge in [0.05, 0.1) is 6.10 Å². The third kappa shape index (κ3) is 8.59. The Balaban J connectivity index is 0.00000320. The van der Waals surface area contributed by atoms with Crippen LogP contribution in [0.15, 0.2) is 23.2 Å². The van der Waals surface area contributed by atoms with Gasteiger partial charge in [-0.25, -0.2) is 0 Å². The summed E-state index contributed by atoms with van der Waals surface area (Å²) in [5, 5.41) is 6.85. The molecule has 1 aromatic rings. The van der Waals surface area contributed by atoms with Crippen molar-refractivity contribution >= 4 is 29.9 Å². The summed E-state index contributed by atoms with van der Waals surface area (Å²) < 4.78 is 11.8. The highest BCUT2D eigenvalue weighted by atomic mass is 127. The molecule has 0 radical (unpaired) electrons. The Kier molecular flexibility index (Phi) is 11.8. The number of ether oxygens (including phenoxy) is 2. The van der Waals surface area contributed by atoms with Crippen molar-refractivity contribution in [1.82, 2.24) is 15.5 Å². The number of benzene rings is 1. The molecule has 3 rings (SSSR count). The molecule has 0 saturated carbocycles. The summed E-state index contributed by atoms with van der Waals surface area (Å²) >= 11 is 0. The van der Waals surface area contributed by atoms with Crippen LogP contribution in [0, 0.1) is 6.92 Å². The molecular formula is C23H39IN4O2. The summed E-state index contributed by atoms with van der Waals surface area (Å²) in [6, 6.07) is 6.38. The molecule has 2 N–H and O–H groups in total. The SMILES string of the molecule is CN=C(NCCCCN1CCCC1)NCc1ccc(C)cc1OCC1CCCO1.I. The number of halogens is 1. The van der Waals surface area contributed by atoms with E-state index in [4.69, 9.17) is 9.47 Å². The summed E-state index contributed by atoms with van der Waals surface area (Å²) in [7, 11) is 1.82. The van der Waals surface area contributed by atoms with E-state index in [1.165, 1.54) is 44.5 Å². The van der Waals surface area contributed by atoms with Crippen molar-refractivity contribution in [3.63, 3.8) is 0 Å². The topological polar surface area (TPSA) is 58.1 Å². The van der Waals surface area contributed by atoms with E-state index in [1.54, 1.807) is 0 Å². The number of hydrogen-bond donors (Lipinski definition) is 2. The maximum Gasteiger partial charge on any atom is 0.191 e. The molecule has 1 unspecified atom stereocenters. The van der Waals surface area contributed by atoms with E-state index in [2.05, 4.69) is 45.6 Å². The molecule has 0 bridgehead atoms. The van der Waals surface area contributed by atoms with Crippen LogP contribution in [0.4, 0.5) is 0 Å². The summed E-state index contributed by atoms with van der Waals surface area (Å²) in [6.07, 6.45) is 7.59. The quantitative estimate of drug-likeness (QED) is 0.209. The van der Waals surface area contributed by atoms with Crippen molar-refractivity contribution in [3.8, 4) is 5.75 Å². The number of rotatable bonds is 10. The molecule has 2 aliphatic heterocycles. The van der Waals surface area contributed by atoms with Gasteiger partial charge < -0.3 is 25.0 Å². The molecule has 170 valence electrons. The monoisotopic (exact) mass is 530 g/mol. The molecule has 0 spiro atoms. The van der Waals surface area contributed by atoms with Crippen LogP contribution in [0.5, 0.6) is 5.75 Å². The number of guanidine groups is 1. The molecule has 1 aromatic carbocycles. The summed E-state index contributed by atoms with van der Waals surface area (Å²) in [4.78, 5) is 6.93. The molecule has 0 aromatic heterocycles. The first kappa shape index (κ1) is 25.2. The zero-order valence-corrected chi connectivity index (χ0v) is 21.0. The van der Waals surface area contributed by atoms with Crippen LogP contribution in [-0.2, 0) is 11.3 Å². The number of unbranched alkanes of at least 4 members (excludes halogenated alkanes) is 1. The zero-order valence-electron chi connectivity index (χ0n) is 18.6. The molecule has 2 heterocycles. The molecule has 6 nitrogen and oxygen atoms in total. The highest BCUT2D eigenvalue weighted by Gasteiger charge is 2.17. The number of hydrogen-bond acceptors (Lipinski definition) is 4. The Morgan fingerprint density at radius 2 is 2.03 bits per heavy atom. The van der Waals surface area contributed by atoms with E-state index in [0.29, 0.717) is 13.2 Å². The fraction of sp³-hybridized carbons (Fsp3) is 0.696. The second-order valence-corrected chi connectivity index (χ2v) is 8.17. The summed E-state index contributed by atoms with van der Waals surface area (Å²) in [5.74, 6) is 1.78. The lowest BCUT2D eigenvalue weighted by atomic mass is 10.1. The fourth-order valence-electron chi connectivity index (χ4n) is 3.97. The number of aliphatic imine (C=N–C) groups is 1. The Morgan fingerprint density at radius 1 is 1.20 bits per heavy atom. The molecule has 2 fully saturated rings. The minimum atomic E-state index is 0. The van der Waals surface area contributed by atoms with Gasteiger partial charge in [0.15, 0.2) is 5.96 Å². The van der Waals surface area contributed by atoms with E-state index in [1.807, 2.05) is 7.05 Å². The third-order valence-electron chi connectivity index (χ3n) is 5.73. The van der Waals surface area contributed by atoms with Gasteiger partial charge in [0.1, 0.15) is 12.4 Å². The van der Waals surface area contributed by atoms with Gasteiger partial charge >= 0.3 is 0 Å². The lowest BCUT2D eigenvalue weighted by molar-refractivity contribution is 0.0676. The van der Waals surface area contributed by atoms with Gasteiger partial charge in [-0.3, -0.25) is 4.99 Å². The molecule has 7 heteroatoms. The Labute approximate surface area is 199 Å². The van der Waals surface area contributed by atoms with Crippen molar-refractivity contribution in [2.24, 2.45) is 4.99 Å². The first-order valence-corrected chi connectivity index (χ1v) is 11.3. The molecule has 1 atom stereocenters. The minimum Gasteiger partial charge on any atom is -0.491 e. The van der Waals surface area contributed by atoms with Gasteiger partial charge in [-0.15, -0.1) is 24.0 Å². The zero-order chi connectivity index (χ0) is 20.3. The smallest absolute Gasteiger partial charge is 0.191 e. The number of aryl methyl sites for hydroxylation is 1. The largest absolute Gasteiger partial charge is 0.491 e. The lowest BCUT2D eigenvalue weighted by Gasteiger charge is -2.17. The van der Waals surface area contributed by atoms with Crippen molar-refractivity contribution in [2.75, 3.05) is 46.4 Å². The van der Waals surface area contributed by atoms with Crippen molar-refractivity contribution < 1.29 is 9.47 Å². The van der Waals surface area contributed by atoms with Gasteiger partial charge in [0.2, 0.25) is 0 Å². The molecule has 0 aliphatic carbocycles. The van der Waals surface area contributed by atoms with E-state index >= 15 is 0 Å². The third-order valence-corrected chi connectivity index (χ3v) is 5.73. The second kappa shape index (κ2) is 14.1. The van der Waals surface area contributed by atoms with Crippen molar-refractivity contribution in [2.45, 2.75) is 58.1 Å². The van der Waals surface area contributed by atoms with Crippen molar-refractivity contribution in [1.29, 1.82) is 0 Å².